The second kappa shape index (κ2) is 6.15. The van der Waals surface area contributed by atoms with Crippen LogP contribution in [0, 0.1) is 0 Å². The molecule has 0 bridgehead atoms. The minimum atomic E-state index is -0.982. The van der Waals surface area contributed by atoms with Crippen molar-refractivity contribution in [3.63, 3.8) is 0 Å². The van der Waals surface area contributed by atoms with Crippen LogP contribution in [0.25, 0.3) is 0 Å². The van der Waals surface area contributed by atoms with Crippen LogP contribution < -0.4 is 5.32 Å². The predicted molar refractivity (Wildman–Crippen MR) is 89.6 cm³/mol. The zero-order chi connectivity index (χ0) is 15.6. The number of carbonyl (C=O) groups is 1. The Morgan fingerprint density at radius 2 is 2.19 bits per heavy atom. The van der Waals surface area contributed by atoms with Crippen molar-refractivity contribution in [3.05, 3.63) is 39.3 Å². The summed E-state index contributed by atoms with van der Waals surface area (Å²) < 4.78 is 1.04. The monoisotopic (exact) mass is 368 g/mol. The van der Waals surface area contributed by atoms with Crippen LogP contribution in [-0.4, -0.2) is 16.1 Å². The number of rotatable bonds is 5. The highest BCUT2D eigenvalue weighted by molar-refractivity contribution is 9.10. The van der Waals surface area contributed by atoms with Gasteiger partial charge in [-0.15, -0.1) is 11.3 Å². The molecule has 0 saturated heterocycles. The molecule has 112 valence electrons. The van der Waals surface area contributed by atoms with Crippen molar-refractivity contribution in [2.75, 3.05) is 5.32 Å². The molecule has 0 aliphatic carbocycles. The number of anilines is 2. The SMILES string of the molecule is CCc1cc(Br)ccc1Nc1nc(C(C)(C)C(=O)O)cs1. The summed E-state index contributed by atoms with van der Waals surface area (Å²) in [7, 11) is 0. The molecule has 0 unspecified atom stereocenters. The molecule has 1 heterocycles. The Morgan fingerprint density at radius 3 is 2.81 bits per heavy atom. The maximum Gasteiger partial charge on any atom is 0.315 e. The fourth-order valence-electron chi connectivity index (χ4n) is 1.82. The molecule has 2 aromatic rings. The summed E-state index contributed by atoms with van der Waals surface area (Å²) in [5.74, 6) is -0.878. The Kier molecular flexibility index (Phi) is 4.68. The number of carboxylic acid groups (broad SMARTS) is 1. The van der Waals surface area contributed by atoms with Crippen LogP contribution in [0.3, 0.4) is 0 Å². The number of aliphatic carboxylic acids is 1. The van der Waals surface area contributed by atoms with Crippen LogP contribution in [0.1, 0.15) is 32.0 Å². The predicted octanol–water partition coefficient (Wildman–Crippen LogP) is 4.57. The number of aromatic nitrogens is 1. The van der Waals surface area contributed by atoms with Crippen molar-refractivity contribution >= 4 is 44.1 Å². The summed E-state index contributed by atoms with van der Waals surface area (Å²) in [4.78, 5) is 15.7. The molecule has 0 saturated carbocycles. The molecule has 0 aliphatic heterocycles. The molecule has 1 aromatic carbocycles. The zero-order valence-electron chi connectivity index (χ0n) is 12.1. The van der Waals surface area contributed by atoms with Crippen LogP contribution in [-0.2, 0) is 16.6 Å². The first-order valence-corrected chi connectivity index (χ1v) is 8.26. The fourth-order valence-corrected chi connectivity index (χ4v) is 3.12. The van der Waals surface area contributed by atoms with Crippen LogP contribution in [0.4, 0.5) is 10.8 Å². The number of thiazole rings is 1. The maximum atomic E-state index is 11.3. The van der Waals surface area contributed by atoms with Crippen molar-refractivity contribution in [2.24, 2.45) is 0 Å². The highest BCUT2D eigenvalue weighted by atomic mass is 79.9. The Hall–Kier alpha value is -1.40. The molecule has 2 rings (SSSR count). The van der Waals surface area contributed by atoms with Gasteiger partial charge in [0.25, 0.3) is 0 Å². The topological polar surface area (TPSA) is 62.2 Å². The molecular formula is C15H17BrN2O2S. The summed E-state index contributed by atoms with van der Waals surface area (Å²) in [6.45, 7) is 5.41. The third kappa shape index (κ3) is 3.44. The Morgan fingerprint density at radius 1 is 1.48 bits per heavy atom. The van der Waals surface area contributed by atoms with Crippen LogP contribution in [0.2, 0.25) is 0 Å². The molecule has 2 N–H and O–H groups in total. The largest absolute Gasteiger partial charge is 0.481 e. The van der Waals surface area contributed by atoms with E-state index in [1.165, 1.54) is 16.9 Å². The fraction of sp³-hybridized carbons (Fsp3) is 0.333. The maximum absolute atomic E-state index is 11.3. The summed E-state index contributed by atoms with van der Waals surface area (Å²) in [6.07, 6.45) is 0.903. The Labute approximate surface area is 136 Å². The van der Waals surface area contributed by atoms with Crippen molar-refractivity contribution in [2.45, 2.75) is 32.6 Å². The van der Waals surface area contributed by atoms with Gasteiger partial charge in [-0.3, -0.25) is 4.79 Å². The highest BCUT2D eigenvalue weighted by Crippen LogP contribution is 2.30. The second-order valence-electron chi connectivity index (χ2n) is 5.25. The molecule has 0 atom stereocenters. The lowest BCUT2D eigenvalue weighted by atomic mass is 9.90. The summed E-state index contributed by atoms with van der Waals surface area (Å²) in [5, 5.41) is 15.0. The molecule has 4 nitrogen and oxygen atoms in total. The summed E-state index contributed by atoms with van der Waals surface area (Å²) in [6, 6.07) is 6.03. The Balaban J connectivity index is 2.26. The first-order chi connectivity index (χ1) is 9.84. The van der Waals surface area contributed by atoms with E-state index in [9.17, 15) is 9.90 Å². The van der Waals surface area contributed by atoms with E-state index in [2.05, 4.69) is 39.2 Å². The Bertz CT molecular complexity index is 667. The summed E-state index contributed by atoms with van der Waals surface area (Å²) >= 11 is 4.88. The van der Waals surface area contributed by atoms with Crippen molar-refractivity contribution in [3.8, 4) is 0 Å². The number of carboxylic acids is 1. The third-order valence-corrected chi connectivity index (χ3v) is 4.62. The number of benzene rings is 1. The second-order valence-corrected chi connectivity index (χ2v) is 7.02. The quantitative estimate of drug-likeness (QED) is 0.810. The van der Waals surface area contributed by atoms with Gasteiger partial charge in [0.2, 0.25) is 0 Å². The highest BCUT2D eigenvalue weighted by Gasteiger charge is 2.32. The lowest BCUT2D eigenvalue weighted by Crippen LogP contribution is -2.28. The van der Waals surface area contributed by atoms with E-state index in [-0.39, 0.29) is 0 Å². The van der Waals surface area contributed by atoms with Gasteiger partial charge < -0.3 is 10.4 Å². The van der Waals surface area contributed by atoms with Gasteiger partial charge in [0.05, 0.1) is 5.69 Å². The van der Waals surface area contributed by atoms with Gasteiger partial charge in [0.15, 0.2) is 5.13 Å². The lowest BCUT2D eigenvalue weighted by Gasteiger charge is -2.15. The van der Waals surface area contributed by atoms with E-state index in [0.29, 0.717) is 10.8 Å². The zero-order valence-corrected chi connectivity index (χ0v) is 14.5. The first-order valence-electron chi connectivity index (χ1n) is 6.59. The van der Waals surface area contributed by atoms with Gasteiger partial charge in [0, 0.05) is 15.5 Å². The van der Waals surface area contributed by atoms with E-state index < -0.39 is 11.4 Å². The number of nitrogens with zero attached hydrogens (tertiary/aromatic N) is 1. The third-order valence-electron chi connectivity index (χ3n) is 3.37. The van der Waals surface area contributed by atoms with E-state index in [0.717, 1.165) is 16.6 Å². The number of nitrogens with one attached hydrogen (secondary N) is 1. The molecule has 0 radical (unpaired) electrons. The standard InChI is InChI=1S/C15H17BrN2O2S/c1-4-9-7-10(16)5-6-11(9)17-14-18-12(8-21-14)15(2,3)13(19)20/h5-8H,4H2,1-3H3,(H,17,18)(H,19,20). The molecule has 0 aliphatic rings. The number of hydrogen-bond donors (Lipinski definition) is 2. The number of halogens is 1. The van der Waals surface area contributed by atoms with Crippen molar-refractivity contribution in [1.82, 2.24) is 4.98 Å². The van der Waals surface area contributed by atoms with E-state index in [1.54, 1.807) is 19.2 Å². The van der Waals surface area contributed by atoms with Crippen molar-refractivity contribution < 1.29 is 9.90 Å². The molecule has 0 spiro atoms. The molecule has 0 fully saturated rings. The van der Waals surface area contributed by atoms with Gasteiger partial charge in [-0.25, -0.2) is 4.98 Å². The average Bonchev–Trinajstić information content (AvgIpc) is 2.89. The lowest BCUT2D eigenvalue weighted by molar-refractivity contribution is -0.142. The van der Waals surface area contributed by atoms with Gasteiger partial charge in [-0.2, -0.15) is 0 Å². The van der Waals surface area contributed by atoms with Gasteiger partial charge >= 0.3 is 5.97 Å². The van der Waals surface area contributed by atoms with Crippen LogP contribution >= 0.6 is 27.3 Å². The number of aryl methyl sites for hydroxylation is 1. The first kappa shape index (κ1) is 16.0. The number of hydrogen-bond acceptors (Lipinski definition) is 4. The minimum Gasteiger partial charge on any atom is -0.481 e. The minimum absolute atomic E-state index is 0.567. The van der Waals surface area contributed by atoms with E-state index in [1.807, 2.05) is 12.1 Å². The molecular weight excluding hydrogens is 352 g/mol. The normalized spacial score (nSPS) is 11.4. The van der Waals surface area contributed by atoms with Crippen LogP contribution in [0.15, 0.2) is 28.1 Å². The molecule has 21 heavy (non-hydrogen) atoms. The van der Waals surface area contributed by atoms with Crippen LogP contribution in [0.5, 0.6) is 0 Å². The molecule has 0 amide bonds. The smallest absolute Gasteiger partial charge is 0.315 e. The summed E-state index contributed by atoms with van der Waals surface area (Å²) in [5.41, 5.74) is 1.76. The van der Waals surface area contributed by atoms with Gasteiger partial charge in [-0.05, 0) is 44.0 Å². The average molecular weight is 369 g/mol. The van der Waals surface area contributed by atoms with Gasteiger partial charge in [-0.1, -0.05) is 22.9 Å². The van der Waals surface area contributed by atoms with E-state index >= 15 is 0 Å². The van der Waals surface area contributed by atoms with E-state index in [4.69, 9.17) is 0 Å². The van der Waals surface area contributed by atoms with Gasteiger partial charge in [0.1, 0.15) is 5.41 Å². The van der Waals surface area contributed by atoms with Crippen molar-refractivity contribution in [1.29, 1.82) is 0 Å². The molecule has 6 heteroatoms. The molecule has 1 aromatic heterocycles.